The van der Waals surface area contributed by atoms with Crippen LogP contribution in [-0.2, 0) is 0 Å². The predicted octanol–water partition coefficient (Wildman–Crippen LogP) is -2.34. The molecule has 6 heteroatoms. The fourth-order valence-corrected chi connectivity index (χ4v) is 0. The summed E-state index contributed by atoms with van der Waals surface area (Å²) in [4.78, 5) is 8.56. The topological polar surface area (TPSA) is 121 Å². The Labute approximate surface area is 55.7 Å². The zero-order chi connectivity index (χ0) is 3.58. The third kappa shape index (κ3) is 48700. The first-order chi connectivity index (χ1) is 1.73. The Morgan fingerprint density at radius 1 is 1.14 bits per heavy atom. The Hall–Kier alpha value is -0.0438. The van der Waals surface area contributed by atoms with Crippen molar-refractivity contribution >= 4 is 29.2 Å². The molecule has 0 fully saturated rings. The predicted molar refractivity (Wildman–Crippen MR) is 26.4 cm³/mol. The second-order valence-corrected chi connectivity index (χ2v) is 0.283. The molecule has 0 radical (unpaired) electrons. The third-order valence-electron chi connectivity index (χ3n) is 0. The monoisotopic (exact) mass is 124 g/mol. The number of rotatable bonds is 0. The first-order valence-corrected chi connectivity index (χ1v) is 0.651. The summed E-state index contributed by atoms with van der Waals surface area (Å²) >= 11 is 0. The van der Waals surface area contributed by atoms with Crippen molar-refractivity contribution in [2.75, 3.05) is 0 Å². The van der Waals surface area contributed by atoms with Crippen LogP contribution in [0, 0.1) is 0 Å². The van der Waals surface area contributed by atoms with Crippen LogP contribution in [-0.4, -0.2) is 50.4 Å². The maximum absolute atomic E-state index is 8.56. The highest BCUT2D eigenvalue weighted by molar-refractivity contribution is 5.75. The molecule has 0 saturated carbocycles. The molecule has 5 nitrogen and oxygen atoms in total. The molecule has 0 bridgehead atoms. The molecule has 0 heterocycles. The van der Waals surface area contributed by atoms with E-state index < -0.39 is 6.16 Å². The molecular weight excluding hydrogens is 116 g/mol. The van der Waals surface area contributed by atoms with Gasteiger partial charge in [-0.15, -0.1) is 0 Å². The summed E-state index contributed by atoms with van der Waals surface area (Å²) in [7, 11) is 0. The Balaban J connectivity index is -0.0000000150. The van der Waals surface area contributed by atoms with Crippen LogP contribution in [0.4, 0.5) is 4.79 Å². The van der Waals surface area contributed by atoms with Crippen LogP contribution in [0.15, 0.2) is 0 Å². The minimum Gasteiger partial charge on any atom is -0.450 e. The van der Waals surface area contributed by atoms with Crippen molar-refractivity contribution in [2.45, 2.75) is 0 Å². The van der Waals surface area contributed by atoms with Crippen molar-refractivity contribution in [3.8, 4) is 0 Å². The first kappa shape index (κ1) is 28.2. The Morgan fingerprint density at radius 3 is 1.14 bits per heavy atom. The molecule has 0 saturated heterocycles. The summed E-state index contributed by atoms with van der Waals surface area (Å²) in [5.41, 5.74) is 0. The second-order valence-electron chi connectivity index (χ2n) is 0.283. The Bertz CT molecular complexity index is 31.1. The lowest BCUT2D eigenvalue weighted by atomic mass is 11.5. The average Bonchev–Trinajstić information content (AvgIpc) is 0.811. The van der Waals surface area contributed by atoms with Gasteiger partial charge in [-0.25, -0.2) is 4.79 Å². The van der Waals surface area contributed by atoms with Gasteiger partial charge in [0.25, 0.3) is 0 Å². The first-order valence-electron chi connectivity index (χ1n) is 0.651. The van der Waals surface area contributed by atoms with Crippen molar-refractivity contribution in [1.82, 2.24) is 0 Å². The number of carbonyl (C=O) groups is 1. The summed E-state index contributed by atoms with van der Waals surface area (Å²) in [5.74, 6) is 0. The van der Waals surface area contributed by atoms with E-state index in [4.69, 9.17) is 15.0 Å². The highest BCUT2D eigenvalue weighted by Gasteiger charge is 1.70. The summed E-state index contributed by atoms with van der Waals surface area (Å²) in [5, 5.41) is 13.9. The molecule has 6 N–H and O–H groups in total. The highest BCUT2D eigenvalue weighted by atomic mass is 24.3. The molecule has 0 aliphatic carbocycles. The maximum atomic E-state index is 8.56. The van der Waals surface area contributed by atoms with Gasteiger partial charge in [0.15, 0.2) is 0 Å². The Kier molecular flexibility index (Phi) is 67.5. The molecule has 0 aromatic rings. The molecule has 0 aliphatic heterocycles. The van der Waals surface area contributed by atoms with Crippen molar-refractivity contribution < 1.29 is 26.0 Å². The minimum atomic E-state index is -1.83. The molecular formula is CH8MgO5. The Morgan fingerprint density at radius 2 is 1.14 bits per heavy atom. The van der Waals surface area contributed by atoms with Crippen LogP contribution >= 0.6 is 0 Å². The molecule has 7 heavy (non-hydrogen) atoms. The zero-order valence-corrected chi connectivity index (χ0v) is 2.80. The molecule has 0 unspecified atom stereocenters. The van der Waals surface area contributed by atoms with Gasteiger partial charge < -0.3 is 21.2 Å². The lowest BCUT2D eigenvalue weighted by Gasteiger charge is -1.60. The summed E-state index contributed by atoms with van der Waals surface area (Å²) in [6.45, 7) is 0. The van der Waals surface area contributed by atoms with Gasteiger partial charge in [0.2, 0.25) is 0 Å². The third-order valence-corrected chi connectivity index (χ3v) is 0. The smallest absolute Gasteiger partial charge is 0.450 e. The average molecular weight is 124 g/mol. The number of hydrogen-bond acceptors (Lipinski definition) is 1. The van der Waals surface area contributed by atoms with E-state index in [1.807, 2.05) is 0 Å². The van der Waals surface area contributed by atoms with E-state index in [0.717, 1.165) is 0 Å². The number of carboxylic acid groups (broad SMARTS) is 2. The van der Waals surface area contributed by atoms with Crippen molar-refractivity contribution in [1.29, 1.82) is 0 Å². The van der Waals surface area contributed by atoms with E-state index in [9.17, 15) is 0 Å². The van der Waals surface area contributed by atoms with E-state index in [2.05, 4.69) is 0 Å². The van der Waals surface area contributed by atoms with E-state index >= 15 is 0 Å². The SMILES string of the molecule is O.O.O=C(O)O.[MgH2]. The van der Waals surface area contributed by atoms with Crippen LogP contribution in [0.3, 0.4) is 0 Å². The zero-order valence-electron chi connectivity index (χ0n) is 2.80. The lowest BCUT2D eigenvalue weighted by Crippen LogP contribution is -1.81. The minimum absolute atomic E-state index is 0. The summed E-state index contributed by atoms with van der Waals surface area (Å²) in [6, 6.07) is 0. The standard InChI is InChI=1S/CH2O3.Mg.2H2O.2H/c2-1(3)4;;;;;/h(H2,2,3,4);;2*1H2;;. The van der Waals surface area contributed by atoms with E-state index in [0.29, 0.717) is 0 Å². The molecule has 0 rings (SSSR count). The molecule has 0 aromatic carbocycles. The van der Waals surface area contributed by atoms with Crippen LogP contribution in [0.2, 0.25) is 0 Å². The van der Waals surface area contributed by atoms with Crippen LogP contribution < -0.4 is 0 Å². The normalized spacial score (nSPS) is 3.43. The summed E-state index contributed by atoms with van der Waals surface area (Å²) < 4.78 is 0. The van der Waals surface area contributed by atoms with Gasteiger partial charge in [0, 0.05) is 0 Å². The molecule has 0 aliphatic rings. The maximum Gasteiger partial charge on any atom is 0.503 e. The number of hydrogen-bond donors (Lipinski definition) is 2. The van der Waals surface area contributed by atoms with E-state index in [1.54, 1.807) is 0 Å². The van der Waals surface area contributed by atoms with Gasteiger partial charge in [-0.05, 0) is 0 Å². The van der Waals surface area contributed by atoms with Crippen LogP contribution in [0.1, 0.15) is 0 Å². The highest BCUT2D eigenvalue weighted by Crippen LogP contribution is 1.42. The second kappa shape index (κ2) is 16.7. The molecule has 0 spiro atoms. The largest absolute Gasteiger partial charge is 0.503 e. The van der Waals surface area contributed by atoms with Gasteiger partial charge >= 0.3 is 29.2 Å². The van der Waals surface area contributed by atoms with Crippen molar-refractivity contribution in [2.24, 2.45) is 0 Å². The molecule has 0 amide bonds. The lowest BCUT2D eigenvalue weighted by molar-refractivity contribution is 0.137. The molecule has 44 valence electrons. The van der Waals surface area contributed by atoms with Gasteiger partial charge in [-0.2, -0.15) is 0 Å². The quantitative estimate of drug-likeness (QED) is 0.352. The summed E-state index contributed by atoms with van der Waals surface area (Å²) in [6.07, 6.45) is -1.83. The van der Waals surface area contributed by atoms with E-state index in [-0.39, 0.29) is 34.0 Å². The van der Waals surface area contributed by atoms with E-state index in [1.165, 1.54) is 0 Å². The van der Waals surface area contributed by atoms with Crippen molar-refractivity contribution in [3.63, 3.8) is 0 Å². The van der Waals surface area contributed by atoms with Crippen LogP contribution in [0.25, 0.3) is 0 Å². The van der Waals surface area contributed by atoms with Crippen LogP contribution in [0.5, 0.6) is 0 Å². The molecule has 0 aromatic heterocycles. The van der Waals surface area contributed by atoms with Crippen molar-refractivity contribution in [3.05, 3.63) is 0 Å². The van der Waals surface area contributed by atoms with Gasteiger partial charge in [0.1, 0.15) is 0 Å². The fraction of sp³-hybridized carbons (Fsp3) is 0. The van der Waals surface area contributed by atoms with Gasteiger partial charge in [0.05, 0.1) is 0 Å². The molecule has 0 atom stereocenters. The fourth-order valence-electron chi connectivity index (χ4n) is 0. The van der Waals surface area contributed by atoms with Gasteiger partial charge in [-0.3, -0.25) is 0 Å². The van der Waals surface area contributed by atoms with Gasteiger partial charge in [-0.1, -0.05) is 0 Å².